The van der Waals surface area contributed by atoms with Gasteiger partial charge in [0.2, 0.25) is 11.8 Å². The van der Waals surface area contributed by atoms with Crippen LogP contribution in [0, 0.1) is 17.8 Å². The van der Waals surface area contributed by atoms with Crippen LogP contribution in [0.4, 0.5) is 4.39 Å². The van der Waals surface area contributed by atoms with Gasteiger partial charge in [-0.15, -0.1) is 0 Å². The SMILES string of the molecule is C=C(C)/C(=C\C(F)=C(/CCC)C1CCC(=O)NC1=O)C(C)C(C)CCC(=O)CCC. The van der Waals surface area contributed by atoms with E-state index in [1.165, 1.54) is 6.08 Å². The molecule has 1 heterocycles. The quantitative estimate of drug-likeness (QED) is 0.312. The molecule has 0 saturated carbocycles. The van der Waals surface area contributed by atoms with Gasteiger partial charge in [-0.1, -0.05) is 46.3 Å². The molecule has 0 aromatic carbocycles. The van der Waals surface area contributed by atoms with Crippen molar-refractivity contribution in [2.75, 3.05) is 0 Å². The average molecular weight is 420 g/mol. The molecule has 1 aliphatic rings. The Morgan fingerprint density at radius 3 is 2.37 bits per heavy atom. The van der Waals surface area contributed by atoms with Crippen LogP contribution in [0.3, 0.4) is 0 Å². The van der Waals surface area contributed by atoms with Crippen LogP contribution in [0.5, 0.6) is 0 Å². The fourth-order valence-corrected chi connectivity index (χ4v) is 3.98. The number of rotatable bonds is 12. The third-order valence-electron chi connectivity index (χ3n) is 6.01. The van der Waals surface area contributed by atoms with E-state index in [4.69, 9.17) is 0 Å². The third kappa shape index (κ3) is 7.66. The number of piperidine rings is 1. The Kier molecular flexibility index (Phi) is 10.9. The molecule has 1 aliphatic heterocycles. The maximum Gasteiger partial charge on any atom is 0.233 e. The van der Waals surface area contributed by atoms with Crippen molar-refractivity contribution in [3.63, 3.8) is 0 Å². The zero-order chi connectivity index (χ0) is 22.8. The fraction of sp³-hybridized carbons (Fsp3) is 0.640. The summed E-state index contributed by atoms with van der Waals surface area (Å²) in [7, 11) is 0. The highest BCUT2D eigenvalue weighted by Gasteiger charge is 2.31. The summed E-state index contributed by atoms with van der Waals surface area (Å²) in [6, 6.07) is 0. The van der Waals surface area contributed by atoms with E-state index in [-0.39, 0.29) is 29.9 Å². The highest BCUT2D eigenvalue weighted by molar-refractivity contribution is 5.99. The van der Waals surface area contributed by atoms with E-state index in [1.54, 1.807) is 0 Å². The summed E-state index contributed by atoms with van der Waals surface area (Å²) >= 11 is 0. The van der Waals surface area contributed by atoms with E-state index in [1.807, 2.05) is 27.7 Å². The number of hydrogen-bond donors (Lipinski definition) is 1. The van der Waals surface area contributed by atoms with Crippen molar-refractivity contribution < 1.29 is 18.8 Å². The zero-order valence-electron chi connectivity index (χ0n) is 19.3. The Morgan fingerprint density at radius 2 is 1.83 bits per heavy atom. The summed E-state index contributed by atoms with van der Waals surface area (Å²) in [5.74, 6) is -1.21. The van der Waals surface area contributed by atoms with Crippen molar-refractivity contribution in [2.24, 2.45) is 17.8 Å². The molecule has 1 saturated heterocycles. The maximum absolute atomic E-state index is 15.4. The molecule has 1 rings (SSSR count). The van der Waals surface area contributed by atoms with Crippen LogP contribution in [0.25, 0.3) is 0 Å². The van der Waals surface area contributed by atoms with E-state index in [0.29, 0.717) is 37.7 Å². The Labute approximate surface area is 181 Å². The van der Waals surface area contributed by atoms with Crippen molar-refractivity contribution in [1.29, 1.82) is 0 Å². The van der Waals surface area contributed by atoms with Crippen LogP contribution in [-0.2, 0) is 14.4 Å². The van der Waals surface area contributed by atoms with Gasteiger partial charge in [-0.25, -0.2) is 4.39 Å². The number of hydrogen-bond acceptors (Lipinski definition) is 3. The number of halogens is 1. The Hall–Kier alpha value is -2.04. The molecule has 1 N–H and O–H groups in total. The molecule has 3 atom stereocenters. The number of nitrogens with one attached hydrogen (secondary N) is 1. The number of allylic oxidation sites excluding steroid dienone is 4. The van der Waals surface area contributed by atoms with Gasteiger partial charge in [0.05, 0.1) is 5.92 Å². The number of amides is 2. The number of Topliss-reactive ketones (excluding diaryl/α,β-unsaturated/α-hetero) is 1. The monoisotopic (exact) mass is 419 g/mol. The van der Waals surface area contributed by atoms with Crippen molar-refractivity contribution in [3.8, 4) is 0 Å². The van der Waals surface area contributed by atoms with Gasteiger partial charge >= 0.3 is 0 Å². The van der Waals surface area contributed by atoms with Gasteiger partial charge in [0, 0.05) is 19.3 Å². The van der Waals surface area contributed by atoms with Crippen LogP contribution < -0.4 is 5.32 Å². The molecular formula is C25H38FNO3. The molecule has 0 spiro atoms. The molecule has 0 aromatic heterocycles. The first-order valence-corrected chi connectivity index (χ1v) is 11.2. The second kappa shape index (κ2) is 12.6. The Bertz CT molecular complexity index is 720. The topological polar surface area (TPSA) is 63.2 Å². The molecule has 4 nitrogen and oxygen atoms in total. The van der Waals surface area contributed by atoms with Crippen LogP contribution >= 0.6 is 0 Å². The summed E-state index contributed by atoms with van der Waals surface area (Å²) in [4.78, 5) is 35.6. The Balaban J connectivity index is 3.12. The van der Waals surface area contributed by atoms with E-state index >= 15 is 4.39 Å². The van der Waals surface area contributed by atoms with Crippen LogP contribution in [0.15, 0.2) is 35.2 Å². The van der Waals surface area contributed by atoms with Gasteiger partial charge in [-0.05, 0) is 61.7 Å². The molecular weight excluding hydrogens is 381 g/mol. The summed E-state index contributed by atoms with van der Waals surface area (Å²) in [6.45, 7) is 13.9. The first kappa shape index (κ1) is 26.0. The van der Waals surface area contributed by atoms with E-state index in [2.05, 4.69) is 18.8 Å². The molecule has 5 heteroatoms. The standard InChI is InChI=1S/C25H38FNO3/c1-7-9-19(28)12-11-17(5)18(6)22(16(3)4)15-23(26)20(10-8-2)21-13-14-24(29)27-25(21)30/h15,17-18,21H,3,7-14H2,1-2,4-6H3,(H,27,29,30)/b22-15+,23-20-. The second-order valence-electron chi connectivity index (χ2n) is 8.60. The summed E-state index contributed by atoms with van der Waals surface area (Å²) in [5, 5.41) is 2.33. The predicted molar refractivity (Wildman–Crippen MR) is 119 cm³/mol. The van der Waals surface area contributed by atoms with Gasteiger partial charge in [0.15, 0.2) is 0 Å². The minimum absolute atomic E-state index is 0.0345. The van der Waals surface area contributed by atoms with Crippen molar-refractivity contribution >= 4 is 17.6 Å². The molecule has 0 aromatic rings. The number of carbonyl (C=O) groups excluding carboxylic acids is 3. The van der Waals surface area contributed by atoms with Crippen LogP contribution in [0.1, 0.15) is 86.0 Å². The van der Waals surface area contributed by atoms with Gasteiger partial charge in [0.25, 0.3) is 0 Å². The predicted octanol–water partition coefficient (Wildman–Crippen LogP) is 5.99. The first-order chi connectivity index (χ1) is 14.1. The molecule has 0 radical (unpaired) electrons. The number of ketones is 1. The summed E-state index contributed by atoms with van der Waals surface area (Å²) < 4.78 is 15.4. The highest BCUT2D eigenvalue weighted by atomic mass is 19.1. The number of carbonyl (C=O) groups is 3. The fourth-order valence-electron chi connectivity index (χ4n) is 3.98. The van der Waals surface area contributed by atoms with Gasteiger partial charge in [-0.2, -0.15) is 0 Å². The minimum Gasteiger partial charge on any atom is -0.300 e. The zero-order valence-corrected chi connectivity index (χ0v) is 19.3. The minimum atomic E-state index is -0.607. The third-order valence-corrected chi connectivity index (χ3v) is 6.01. The van der Waals surface area contributed by atoms with Gasteiger partial charge in [0.1, 0.15) is 11.6 Å². The average Bonchev–Trinajstić information content (AvgIpc) is 2.68. The first-order valence-electron chi connectivity index (χ1n) is 11.2. The second-order valence-corrected chi connectivity index (χ2v) is 8.60. The van der Waals surface area contributed by atoms with Crippen LogP contribution in [0.2, 0.25) is 0 Å². The van der Waals surface area contributed by atoms with Crippen molar-refractivity contribution in [3.05, 3.63) is 35.2 Å². The van der Waals surface area contributed by atoms with E-state index < -0.39 is 17.7 Å². The largest absolute Gasteiger partial charge is 0.300 e. The van der Waals surface area contributed by atoms with E-state index in [0.717, 1.165) is 24.0 Å². The molecule has 0 bridgehead atoms. The van der Waals surface area contributed by atoms with Gasteiger partial charge < -0.3 is 0 Å². The molecule has 0 aliphatic carbocycles. The van der Waals surface area contributed by atoms with Crippen molar-refractivity contribution in [1.82, 2.24) is 5.32 Å². The molecule has 168 valence electrons. The lowest BCUT2D eigenvalue weighted by Crippen LogP contribution is -2.41. The number of imide groups is 1. The Morgan fingerprint density at radius 1 is 1.20 bits per heavy atom. The molecule has 3 unspecified atom stereocenters. The lowest BCUT2D eigenvalue weighted by Gasteiger charge is -2.25. The van der Waals surface area contributed by atoms with E-state index in [9.17, 15) is 14.4 Å². The molecule has 1 fully saturated rings. The van der Waals surface area contributed by atoms with Gasteiger partial charge in [-0.3, -0.25) is 19.7 Å². The lowest BCUT2D eigenvalue weighted by atomic mass is 9.81. The highest BCUT2D eigenvalue weighted by Crippen LogP contribution is 2.33. The summed E-state index contributed by atoms with van der Waals surface area (Å²) in [6.07, 6.45) is 6.03. The normalized spacial score (nSPS) is 20.3. The lowest BCUT2D eigenvalue weighted by molar-refractivity contribution is -0.135. The maximum atomic E-state index is 15.4. The van der Waals surface area contributed by atoms with Crippen molar-refractivity contribution in [2.45, 2.75) is 86.0 Å². The smallest absolute Gasteiger partial charge is 0.233 e. The van der Waals surface area contributed by atoms with Crippen LogP contribution in [-0.4, -0.2) is 17.6 Å². The molecule has 30 heavy (non-hydrogen) atoms. The summed E-state index contributed by atoms with van der Waals surface area (Å²) in [5.41, 5.74) is 2.05. The molecule has 2 amide bonds.